The second-order valence-corrected chi connectivity index (χ2v) is 9.34. The van der Waals surface area contributed by atoms with Crippen molar-refractivity contribution in [1.29, 1.82) is 0 Å². The molecule has 1 aliphatic heterocycles. The molecule has 1 fully saturated rings. The molecule has 1 aliphatic rings. The Bertz CT molecular complexity index is 927. The Morgan fingerprint density at radius 2 is 1.79 bits per heavy atom. The van der Waals surface area contributed by atoms with Crippen LogP contribution in [0.4, 0.5) is 10.1 Å². The van der Waals surface area contributed by atoms with Crippen LogP contribution < -0.4 is 14.5 Å². The van der Waals surface area contributed by atoms with E-state index in [1.807, 2.05) is 31.1 Å². The van der Waals surface area contributed by atoms with Gasteiger partial charge < -0.3 is 14.5 Å². The predicted octanol–water partition coefficient (Wildman–Crippen LogP) is 1.13. The summed E-state index contributed by atoms with van der Waals surface area (Å²) in [7, 11) is 0.237. The van der Waals surface area contributed by atoms with Gasteiger partial charge in [-0.05, 0) is 42.8 Å². The maximum Gasteiger partial charge on any atom is 0.240 e. The minimum atomic E-state index is -3.73. The van der Waals surface area contributed by atoms with Crippen LogP contribution in [0.3, 0.4) is 0 Å². The fourth-order valence-electron chi connectivity index (χ4n) is 3.55. The molecule has 0 radical (unpaired) electrons. The first-order chi connectivity index (χ1) is 13.8. The van der Waals surface area contributed by atoms with Gasteiger partial charge in [0, 0.05) is 25.3 Å². The number of hydrogen-bond donors (Lipinski definition) is 2. The second-order valence-electron chi connectivity index (χ2n) is 7.57. The van der Waals surface area contributed by atoms with Crippen LogP contribution in [0.25, 0.3) is 0 Å². The number of nitrogens with one attached hydrogen (secondary N) is 2. The zero-order valence-corrected chi connectivity index (χ0v) is 17.9. The van der Waals surface area contributed by atoms with E-state index in [1.54, 1.807) is 6.92 Å². The number of rotatable bonds is 7. The van der Waals surface area contributed by atoms with E-state index in [1.165, 1.54) is 23.1 Å². The van der Waals surface area contributed by atoms with Crippen LogP contribution >= 0.6 is 0 Å². The van der Waals surface area contributed by atoms with Crippen LogP contribution in [0.2, 0.25) is 0 Å². The summed E-state index contributed by atoms with van der Waals surface area (Å²) in [4.78, 5) is 3.39. The molecular weight excluding hydrogens is 393 g/mol. The molecule has 0 unspecified atom stereocenters. The Labute approximate surface area is 172 Å². The summed E-state index contributed by atoms with van der Waals surface area (Å²) in [6.07, 6.45) is 0. The monoisotopic (exact) mass is 422 g/mol. The molecular formula is C21H29FN3O3S+. The third-order valence-corrected chi connectivity index (χ3v) is 6.78. The van der Waals surface area contributed by atoms with Crippen molar-refractivity contribution in [2.75, 3.05) is 51.8 Å². The van der Waals surface area contributed by atoms with Crippen molar-refractivity contribution in [3.8, 4) is 0 Å². The number of benzene rings is 2. The molecule has 0 amide bonds. The van der Waals surface area contributed by atoms with Gasteiger partial charge in [-0.3, -0.25) is 0 Å². The number of ether oxygens (including phenoxy) is 1. The van der Waals surface area contributed by atoms with E-state index >= 15 is 0 Å². The number of quaternary nitrogens is 1. The lowest BCUT2D eigenvalue weighted by atomic mass is 10.0. The molecule has 6 nitrogen and oxygen atoms in total. The lowest BCUT2D eigenvalue weighted by molar-refractivity contribution is -0.937. The molecule has 0 spiro atoms. The Morgan fingerprint density at radius 1 is 1.14 bits per heavy atom. The minimum Gasteiger partial charge on any atom is -0.378 e. The van der Waals surface area contributed by atoms with Gasteiger partial charge in [-0.15, -0.1) is 0 Å². The summed E-state index contributed by atoms with van der Waals surface area (Å²) in [5.41, 5.74) is 2.47. The molecule has 1 saturated heterocycles. The van der Waals surface area contributed by atoms with Gasteiger partial charge in [-0.2, -0.15) is 0 Å². The molecule has 2 aromatic carbocycles. The number of anilines is 1. The van der Waals surface area contributed by atoms with Gasteiger partial charge in [-0.1, -0.05) is 12.1 Å². The SMILES string of the molecule is Cc1cc(S(=O)(=O)NC[C@@H](c2ccc(N(C)C)cc2)[NH+]2CCOCC2)ccc1F. The number of morpholine rings is 1. The smallest absolute Gasteiger partial charge is 0.240 e. The third-order valence-electron chi connectivity index (χ3n) is 5.36. The summed E-state index contributed by atoms with van der Waals surface area (Å²) in [6.45, 7) is 4.77. The minimum absolute atomic E-state index is 0.0357. The summed E-state index contributed by atoms with van der Waals surface area (Å²) < 4.78 is 47.3. The van der Waals surface area contributed by atoms with E-state index < -0.39 is 15.8 Å². The van der Waals surface area contributed by atoms with E-state index in [0.717, 1.165) is 24.3 Å². The van der Waals surface area contributed by atoms with Gasteiger partial charge in [0.15, 0.2) is 0 Å². The lowest BCUT2D eigenvalue weighted by Crippen LogP contribution is -3.15. The number of halogens is 1. The van der Waals surface area contributed by atoms with E-state index in [2.05, 4.69) is 16.9 Å². The van der Waals surface area contributed by atoms with Crippen molar-refractivity contribution in [3.63, 3.8) is 0 Å². The second kappa shape index (κ2) is 9.21. The van der Waals surface area contributed by atoms with Crippen molar-refractivity contribution in [2.45, 2.75) is 17.9 Å². The van der Waals surface area contributed by atoms with Gasteiger partial charge >= 0.3 is 0 Å². The number of nitrogens with zero attached hydrogens (tertiary/aromatic N) is 1. The molecule has 0 saturated carbocycles. The molecule has 1 atom stereocenters. The largest absolute Gasteiger partial charge is 0.378 e. The highest BCUT2D eigenvalue weighted by Gasteiger charge is 2.28. The lowest BCUT2D eigenvalue weighted by Gasteiger charge is -2.32. The molecule has 2 aromatic rings. The maximum absolute atomic E-state index is 13.5. The van der Waals surface area contributed by atoms with Crippen molar-refractivity contribution < 1.29 is 22.4 Å². The zero-order valence-electron chi connectivity index (χ0n) is 17.1. The van der Waals surface area contributed by atoms with E-state index in [4.69, 9.17) is 4.74 Å². The van der Waals surface area contributed by atoms with Gasteiger partial charge in [0.05, 0.1) is 24.7 Å². The van der Waals surface area contributed by atoms with Crippen LogP contribution in [0.1, 0.15) is 17.2 Å². The average Bonchev–Trinajstić information content (AvgIpc) is 2.71. The first-order valence-electron chi connectivity index (χ1n) is 9.73. The molecule has 0 bridgehead atoms. The van der Waals surface area contributed by atoms with Crippen molar-refractivity contribution in [1.82, 2.24) is 4.72 Å². The standard InChI is InChI=1S/C21H28FN3O3S/c1-16-14-19(8-9-20(16)22)29(26,27)23-15-21(25-10-12-28-13-11-25)17-4-6-18(7-5-17)24(2)3/h4-9,14,21,23H,10-13,15H2,1-3H3/p+1/t21-/m0/s1. The van der Waals surface area contributed by atoms with Gasteiger partial charge in [0.1, 0.15) is 24.9 Å². The molecule has 3 rings (SSSR count). The quantitative estimate of drug-likeness (QED) is 0.702. The zero-order chi connectivity index (χ0) is 21.0. The first-order valence-corrected chi connectivity index (χ1v) is 11.2. The van der Waals surface area contributed by atoms with E-state index in [9.17, 15) is 12.8 Å². The Balaban J connectivity index is 1.81. The van der Waals surface area contributed by atoms with E-state index in [-0.39, 0.29) is 17.5 Å². The van der Waals surface area contributed by atoms with Crippen molar-refractivity contribution in [2.24, 2.45) is 0 Å². The molecule has 2 N–H and O–H groups in total. The van der Waals surface area contributed by atoms with E-state index in [0.29, 0.717) is 18.8 Å². The Morgan fingerprint density at radius 3 is 2.38 bits per heavy atom. The first kappa shape index (κ1) is 21.7. The highest BCUT2D eigenvalue weighted by molar-refractivity contribution is 7.89. The average molecular weight is 423 g/mol. The highest BCUT2D eigenvalue weighted by Crippen LogP contribution is 2.18. The molecule has 0 aromatic heterocycles. The summed E-state index contributed by atoms with van der Waals surface area (Å²) in [5.74, 6) is -0.416. The Hall–Kier alpha value is -2.00. The number of sulfonamides is 1. The van der Waals surface area contributed by atoms with Crippen LogP contribution in [-0.4, -0.2) is 55.4 Å². The van der Waals surface area contributed by atoms with Crippen LogP contribution in [0, 0.1) is 12.7 Å². The topological polar surface area (TPSA) is 63.1 Å². The highest BCUT2D eigenvalue weighted by atomic mass is 32.2. The Kier molecular flexibility index (Phi) is 6.89. The molecule has 1 heterocycles. The fourth-order valence-corrected chi connectivity index (χ4v) is 4.68. The van der Waals surface area contributed by atoms with Crippen LogP contribution in [-0.2, 0) is 14.8 Å². The summed E-state index contributed by atoms with van der Waals surface area (Å²) >= 11 is 0. The summed E-state index contributed by atoms with van der Waals surface area (Å²) in [5, 5.41) is 0. The van der Waals surface area contributed by atoms with Crippen molar-refractivity contribution >= 4 is 15.7 Å². The third kappa shape index (κ3) is 5.33. The van der Waals surface area contributed by atoms with Crippen LogP contribution in [0.5, 0.6) is 0 Å². The van der Waals surface area contributed by atoms with Crippen LogP contribution in [0.15, 0.2) is 47.4 Å². The van der Waals surface area contributed by atoms with Gasteiger partial charge in [0.2, 0.25) is 10.0 Å². The predicted molar refractivity (Wildman–Crippen MR) is 111 cm³/mol. The number of aryl methyl sites for hydroxylation is 1. The fraction of sp³-hybridized carbons (Fsp3) is 0.429. The summed E-state index contributed by atoms with van der Waals surface area (Å²) in [6, 6.07) is 12.0. The molecule has 8 heteroatoms. The normalized spacial score (nSPS) is 16.6. The number of hydrogen-bond acceptors (Lipinski definition) is 4. The molecule has 0 aliphatic carbocycles. The molecule has 29 heavy (non-hydrogen) atoms. The molecule has 158 valence electrons. The maximum atomic E-state index is 13.5. The van der Waals surface area contributed by atoms with Crippen molar-refractivity contribution in [3.05, 3.63) is 59.4 Å². The van der Waals surface area contributed by atoms with Gasteiger partial charge in [0.25, 0.3) is 0 Å². The van der Waals surface area contributed by atoms with Gasteiger partial charge in [-0.25, -0.2) is 17.5 Å².